The predicted octanol–water partition coefficient (Wildman–Crippen LogP) is 3.15. The second-order valence-electron chi connectivity index (χ2n) is 7.18. The van der Waals surface area contributed by atoms with Crippen molar-refractivity contribution in [3.63, 3.8) is 0 Å². The molecule has 1 unspecified atom stereocenters. The van der Waals surface area contributed by atoms with Gasteiger partial charge in [-0.2, -0.15) is 0 Å². The molecule has 1 fully saturated rings. The van der Waals surface area contributed by atoms with Gasteiger partial charge in [-0.3, -0.25) is 9.20 Å². The van der Waals surface area contributed by atoms with Crippen molar-refractivity contribution in [2.75, 3.05) is 26.3 Å². The van der Waals surface area contributed by atoms with Gasteiger partial charge in [0.05, 0.1) is 24.0 Å². The number of carbonyl (C=O) groups excluding carboxylic acids is 1. The molecule has 0 spiro atoms. The first kappa shape index (κ1) is 18.3. The minimum Gasteiger partial charge on any atom is -0.378 e. The van der Waals surface area contributed by atoms with Gasteiger partial charge in [0.25, 0.3) is 0 Å². The maximum Gasteiger partial charge on any atom is 0.236 e. The van der Waals surface area contributed by atoms with E-state index < -0.39 is 0 Å². The van der Waals surface area contributed by atoms with Gasteiger partial charge in [-0.1, -0.05) is 23.4 Å². The number of ether oxygens (including phenoxy) is 1. The molecule has 1 aromatic carbocycles. The molecule has 1 aliphatic rings. The van der Waals surface area contributed by atoms with Gasteiger partial charge in [0.15, 0.2) is 10.8 Å². The number of carbonyl (C=O) groups is 1. The zero-order valence-electron chi connectivity index (χ0n) is 16.2. The van der Waals surface area contributed by atoms with Crippen LogP contribution >= 0.6 is 11.8 Å². The number of fused-ring (bicyclic) bond motifs is 3. The van der Waals surface area contributed by atoms with E-state index in [0.29, 0.717) is 26.3 Å². The van der Waals surface area contributed by atoms with E-state index in [-0.39, 0.29) is 11.2 Å². The Morgan fingerprint density at radius 1 is 1.11 bits per heavy atom. The van der Waals surface area contributed by atoms with Crippen LogP contribution in [0.4, 0.5) is 0 Å². The van der Waals surface area contributed by atoms with Crippen molar-refractivity contribution < 1.29 is 9.53 Å². The van der Waals surface area contributed by atoms with E-state index >= 15 is 0 Å². The van der Waals surface area contributed by atoms with Gasteiger partial charge in [-0.05, 0) is 51.0 Å². The molecule has 0 saturated carbocycles. The molecular weight excluding hydrogens is 360 g/mol. The first-order valence-electron chi connectivity index (χ1n) is 9.24. The lowest BCUT2D eigenvalue weighted by atomic mass is 10.0. The minimum atomic E-state index is -0.224. The maximum absolute atomic E-state index is 12.8. The quantitative estimate of drug-likeness (QED) is 0.649. The number of rotatable bonds is 3. The third-order valence-corrected chi connectivity index (χ3v) is 6.08. The molecule has 142 valence electrons. The minimum absolute atomic E-state index is 0.129. The zero-order chi connectivity index (χ0) is 19.1. The van der Waals surface area contributed by atoms with Crippen LogP contribution in [0, 0.1) is 20.8 Å². The van der Waals surface area contributed by atoms with Crippen molar-refractivity contribution in [3.05, 3.63) is 34.9 Å². The highest BCUT2D eigenvalue weighted by molar-refractivity contribution is 8.00. The first-order chi connectivity index (χ1) is 13.0. The molecule has 7 heteroatoms. The molecule has 0 bridgehead atoms. The van der Waals surface area contributed by atoms with Gasteiger partial charge in [0, 0.05) is 18.5 Å². The van der Waals surface area contributed by atoms with E-state index in [1.807, 2.05) is 11.8 Å². The maximum atomic E-state index is 12.8. The number of aromatic nitrogens is 3. The van der Waals surface area contributed by atoms with E-state index in [2.05, 4.69) is 53.6 Å². The number of nitrogens with zero attached hydrogens (tertiary/aromatic N) is 4. The third kappa shape index (κ3) is 3.30. The molecule has 1 amide bonds. The Morgan fingerprint density at radius 3 is 2.59 bits per heavy atom. The van der Waals surface area contributed by atoms with Crippen LogP contribution in [0.3, 0.4) is 0 Å². The smallest absolute Gasteiger partial charge is 0.236 e. The van der Waals surface area contributed by atoms with Gasteiger partial charge >= 0.3 is 0 Å². The monoisotopic (exact) mass is 384 g/mol. The van der Waals surface area contributed by atoms with E-state index in [1.165, 1.54) is 33.8 Å². The molecule has 0 N–H and O–H groups in total. The van der Waals surface area contributed by atoms with Crippen LogP contribution in [0.25, 0.3) is 16.6 Å². The summed E-state index contributed by atoms with van der Waals surface area (Å²) in [6.07, 6.45) is 0. The topological polar surface area (TPSA) is 59.7 Å². The molecule has 1 saturated heterocycles. The molecule has 4 rings (SSSR count). The van der Waals surface area contributed by atoms with Gasteiger partial charge in [0.2, 0.25) is 5.91 Å². The van der Waals surface area contributed by atoms with Crippen molar-refractivity contribution in [1.29, 1.82) is 0 Å². The van der Waals surface area contributed by atoms with Crippen LogP contribution < -0.4 is 0 Å². The summed E-state index contributed by atoms with van der Waals surface area (Å²) in [6, 6.07) is 6.44. The first-order valence-corrected chi connectivity index (χ1v) is 10.1. The average molecular weight is 385 g/mol. The Hall–Kier alpha value is -2.12. The molecule has 3 aromatic rings. The van der Waals surface area contributed by atoms with Gasteiger partial charge < -0.3 is 9.64 Å². The summed E-state index contributed by atoms with van der Waals surface area (Å²) in [5.74, 6) is 0.129. The molecule has 27 heavy (non-hydrogen) atoms. The Morgan fingerprint density at radius 2 is 1.85 bits per heavy atom. The lowest BCUT2D eigenvalue weighted by Crippen LogP contribution is -2.44. The molecule has 2 aromatic heterocycles. The van der Waals surface area contributed by atoms with E-state index in [1.54, 1.807) is 0 Å². The van der Waals surface area contributed by atoms with Crippen LogP contribution in [0.15, 0.2) is 23.4 Å². The van der Waals surface area contributed by atoms with Crippen LogP contribution in [0.1, 0.15) is 23.6 Å². The van der Waals surface area contributed by atoms with E-state index in [4.69, 9.17) is 4.74 Å². The molecule has 6 nitrogen and oxygen atoms in total. The van der Waals surface area contributed by atoms with E-state index in [9.17, 15) is 4.79 Å². The van der Waals surface area contributed by atoms with Crippen molar-refractivity contribution in [1.82, 2.24) is 19.5 Å². The summed E-state index contributed by atoms with van der Waals surface area (Å²) >= 11 is 1.47. The molecular formula is C20H24N4O2S. The van der Waals surface area contributed by atoms with Crippen LogP contribution in [0.2, 0.25) is 0 Å². The van der Waals surface area contributed by atoms with E-state index in [0.717, 1.165) is 16.3 Å². The van der Waals surface area contributed by atoms with Gasteiger partial charge in [-0.25, -0.2) is 0 Å². The average Bonchev–Trinajstić information content (AvgIpc) is 3.04. The van der Waals surface area contributed by atoms with Crippen molar-refractivity contribution in [3.8, 4) is 0 Å². The fourth-order valence-electron chi connectivity index (χ4n) is 3.74. The lowest BCUT2D eigenvalue weighted by molar-refractivity contribution is -0.134. The highest BCUT2D eigenvalue weighted by Crippen LogP contribution is 2.31. The zero-order valence-corrected chi connectivity index (χ0v) is 17.0. The third-order valence-electron chi connectivity index (χ3n) is 5.05. The molecule has 1 aliphatic heterocycles. The summed E-state index contributed by atoms with van der Waals surface area (Å²) < 4.78 is 7.44. The summed E-state index contributed by atoms with van der Waals surface area (Å²) in [7, 11) is 0. The number of amides is 1. The second kappa shape index (κ2) is 7.13. The summed E-state index contributed by atoms with van der Waals surface area (Å²) in [4.78, 5) is 14.7. The fraction of sp³-hybridized carbons (Fsp3) is 0.450. The lowest BCUT2D eigenvalue weighted by Gasteiger charge is -2.28. The number of thioether (sulfide) groups is 1. The highest BCUT2D eigenvalue weighted by Gasteiger charge is 2.25. The van der Waals surface area contributed by atoms with Crippen molar-refractivity contribution >= 4 is 34.2 Å². The number of hydrogen-bond donors (Lipinski definition) is 0. The fourth-order valence-corrected chi connectivity index (χ4v) is 4.68. The molecule has 1 atom stereocenters. The highest BCUT2D eigenvalue weighted by atomic mass is 32.2. The molecule has 0 aliphatic carbocycles. The molecule has 0 radical (unpaired) electrons. The summed E-state index contributed by atoms with van der Waals surface area (Å²) in [6.45, 7) is 10.8. The summed E-state index contributed by atoms with van der Waals surface area (Å²) in [5.41, 5.74) is 5.55. The number of benzene rings is 1. The number of morpholine rings is 1. The van der Waals surface area contributed by atoms with Crippen LogP contribution in [-0.2, 0) is 9.53 Å². The Labute approximate surface area is 162 Å². The number of aryl methyl sites for hydroxylation is 3. The number of hydrogen-bond acceptors (Lipinski definition) is 5. The van der Waals surface area contributed by atoms with Crippen LogP contribution in [0.5, 0.6) is 0 Å². The standard InChI is InChI=1S/C20H24N4O2S/c1-12-9-14(3)18-16(10-12)13(2)11-17-21-22-20(24(17)18)27-15(4)19(25)23-5-7-26-8-6-23/h9-11,15H,5-8H2,1-4H3. The largest absolute Gasteiger partial charge is 0.378 e. The SMILES string of the molecule is Cc1cc(C)c2c(c1)c(C)cc1nnc(SC(C)C(=O)N3CCOCC3)n12. The Bertz CT molecular complexity index is 1020. The van der Waals surface area contributed by atoms with Crippen molar-refractivity contribution in [2.24, 2.45) is 0 Å². The predicted molar refractivity (Wildman–Crippen MR) is 107 cm³/mol. The van der Waals surface area contributed by atoms with Gasteiger partial charge in [-0.15, -0.1) is 10.2 Å². The summed E-state index contributed by atoms with van der Waals surface area (Å²) in [5, 5.41) is 10.5. The normalized spacial score (nSPS) is 16.2. The Kier molecular flexibility index (Phi) is 4.82. The molecule has 3 heterocycles. The second-order valence-corrected chi connectivity index (χ2v) is 8.49. The Balaban J connectivity index is 1.74. The van der Waals surface area contributed by atoms with Gasteiger partial charge in [0.1, 0.15) is 0 Å². The van der Waals surface area contributed by atoms with Crippen LogP contribution in [-0.4, -0.2) is 57.0 Å². The number of pyridine rings is 1. The van der Waals surface area contributed by atoms with Crippen molar-refractivity contribution in [2.45, 2.75) is 38.1 Å².